The minimum Gasteiger partial charge on any atom is -0.325 e. The second-order valence-electron chi connectivity index (χ2n) is 4.60. The van der Waals surface area contributed by atoms with E-state index in [1.807, 2.05) is 20.8 Å². The average molecular weight is 313 g/mol. The number of nitrogens with one attached hydrogen (secondary N) is 2. The molecule has 21 heavy (non-hydrogen) atoms. The highest BCUT2D eigenvalue weighted by Gasteiger charge is 2.10. The Morgan fingerprint density at radius 1 is 1.05 bits per heavy atom. The van der Waals surface area contributed by atoms with Gasteiger partial charge in [0.2, 0.25) is 10.0 Å². The van der Waals surface area contributed by atoms with Gasteiger partial charge < -0.3 is 10.2 Å². The number of carbonyl (C=O) groups is 1. The van der Waals surface area contributed by atoms with E-state index in [9.17, 15) is 13.2 Å². The molecule has 1 rings (SSSR count). The molecule has 6 nitrogen and oxygen atoms in total. The third-order valence-electron chi connectivity index (χ3n) is 2.93. The van der Waals surface area contributed by atoms with E-state index in [4.69, 9.17) is 0 Å². The van der Waals surface area contributed by atoms with Crippen LogP contribution in [0.15, 0.2) is 24.3 Å². The highest BCUT2D eigenvalue weighted by molar-refractivity contribution is 7.92. The third-order valence-corrected chi connectivity index (χ3v) is 4.43. The standard InChI is InChI=1S/C14H23N3O3S/c1-4-11-21(19,20)16-13-9-7-12(8-10-13)15-14(18)17(5-2)6-3/h7-10,16H,4-6,11H2,1-3H3,(H,15,18). The van der Waals surface area contributed by atoms with E-state index in [-0.39, 0.29) is 11.8 Å². The van der Waals surface area contributed by atoms with Crippen molar-refractivity contribution in [2.75, 3.05) is 28.9 Å². The van der Waals surface area contributed by atoms with E-state index in [1.54, 1.807) is 29.2 Å². The summed E-state index contributed by atoms with van der Waals surface area (Å²) in [6, 6.07) is 6.44. The molecular formula is C14H23N3O3S. The Bertz CT molecular complexity index is 551. The fourth-order valence-corrected chi connectivity index (χ4v) is 2.97. The molecule has 2 amide bonds. The number of sulfonamides is 1. The van der Waals surface area contributed by atoms with Crippen LogP contribution in [0.4, 0.5) is 16.2 Å². The van der Waals surface area contributed by atoms with Crippen LogP contribution in [0.1, 0.15) is 27.2 Å². The van der Waals surface area contributed by atoms with E-state index in [0.717, 1.165) is 0 Å². The highest BCUT2D eigenvalue weighted by Crippen LogP contribution is 2.15. The highest BCUT2D eigenvalue weighted by atomic mass is 32.2. The van der Waals surface area contributed by atoms with E-state index >= 15 is 0 Å². The summed E-state index contributed by atoms with van der Waals surface area (Å²) in [5.41, 5.74) is 1.12. The summed E-state index contributed by atoms with van der Waals surface area (Å²) in [5, 5.41) is 2.77. The van der Waals surface area contributed by atoms with Gasteiger partial charge >= 0.3 is 6.03 Å². The number of benzene rings is 1. The monoisotopic (exact) mass is 313 g/mol. The van der Waals surface area contributed by atoms with Crippen molar-refractivity contribution in [1.29, 1.82) is 0 Å². The Hall–Kier alpha value is -1.76. The maximum absolute atomic E-state index is 11.9. The summed E-state index contributed by atoms with van der Waals surface area (Å²) >= 11 is 0. The van der Waals surface area contributed by atoms with Crippen LogP contribution in [-0.2, 0) is 10.0 Å². The van der Waals surface area contributed by atoms with Crippen molar-refractivity contribution >= 4 is 27.4 Å². The smallest absolute Gasteiger partial charge is 0.321 e. The molecule has 0 saturated heterocycles. The van der Waals surface area contributed by atoms with Crippen LogP contribution < -0.4 is 10.0 Å². The predicted octanol–water partition coefficient (Wildman–Crippen LogP) is 2.71. The lowest BCUT2D eigenvalue weighted by atomic mass is 10.3. The molecule has 0 spiro atoms. The number of amides is 2. The second-order valence-corrected chi connectivity index (χ2v) is 6.44. The van der Waals surface area contributed by atoms with E-state index in [1.165, 1.54) is 0 Å². The van der Waals surface area contributed by atoms with Crippen molar-refractivity contribution in [3.63, 3.8) is 0 Å². The lowest BCUT2D eigenvalue weighted by molar-refractivity contribution is 0.217. The normalized spacial score (nSPS) is 11.0. The summed E-state index contributed by atoms with van der Waals surface area (Å²) in [7, 11) is -3.29. The fourth-order valence-electron chi connectivity index (χ4n) is 1.83. The summed E-state index contributed by atoms with van der Waals surface area (Å²) in [4.78, 5) is 13.5. The Morgan fingerprint density at radius 2 is 1.57 bits per heavy atom. The minimum atomic E-state index is -3.29. The molecule has 0 bridgehead atoms. The second kappa shape index (κ2) is 7.87. The molecule has 0 aromatic heterocycles. The molecule has 0 unspecified atom stereocenters. The third kappa shape index (κ3) is 5.63. The van der Waals surface area contributed by atoms with Gasteiger partial charge in [-0.2, -0.15) is 0 Å². The maximum atomic E-state index is 11.9. The van der Waals surface area contributed by atoms with Crippen LogP contribution in [0, 0.1) is 0 Å². The van der Waals surface area contributed by atoms with Crippen LogP contribution in [0.2, 0.25) is 0 Å². The number of hydrogen-bond donors (Lipinski definition) is 2. The maximum Gasteiger partial charge on any atom is 0.321 e. The Labute approximate surface area is 126 Å². The molecule has 118 valence electrons. The molecule has 1 aromatic rings. The minimum absolute atomic E-state index is 0.0907. The van der Waals surface area contributed by atoms with Crippen molar-refractivity contribution in [2.45, 2.75) is 27.2 Å². The van der Waals surface area contributed by atoms with Gasteiger partial charge in [-0.25, -0.2) is 13.2 Å². The number of urea groups is 1. The molecule has 0 radical (unpaired) electrons. The van der Waals surface area contributed by atoms with Gasteiger partial charge in [0.1, 0.15) is 0 Å². The molecule has 0 fully saturated rings. The first kappa shape index (κ1) is 17.3. The van der Waals surface area contributed by atoms with E-state index in [2.05, 4.69) is 10.0 Å². The number of hydrogen-bond acceptors (Lipinski definition) is 3. The van der Waals surface area contributed by atoms with Gasteiger partial charge in [-0.05, 0) is 44.5 Å². The summed E-state index contributed by atoms with van der Waals surface area (Å²) in [6.45, 7) is 6.91. The quantitative estimate of drug-likeness (QED) is 0.812. The Balaban J connectivity index is 2.68. The van der Waals surface area contributed by atoms with Gasteiger partial charge in [-0.3, -0.25) is 4.72 Å². The first-order chi connectivity index (χ1) is 9.91. The van der Waals surface area contributed by atoms with Crippen LogP contribution in [0.25, 0.3) is 0 Å². The average Bonchev–Trinajstić information content (AvgIpc) is 2.42. The van der Waals surface area contributed by atoms with Crippen LogP contribution in [0.5, 0.6) is 0 Å². The van der Waals surface area contributed by atoms with Gasteiger partial charge in [-0.1, -0.05) is 6.92 Å². The van der Waals surface area contributed by atoms with Crippen molar-refractivity contribution in [3.8, 4) is 0 Å². The molecule has 0 heterocycles. The molecule has 0 saturated carbocycles. The SMILES string of the molecule is CCCS(=O)(=O)Nc1ccc(NC(=O)N(CC)CC)cc1. The Morgan fingerprint density at radius 3 is 2.05 bits per heavy atom. The summed E-state index contributed by atoms with van der Waals surface area (Å²) in [6.07, 6.45) is 0.563. The van der Waals surface area contributed by atoms with Crippen LogP contribution >= 0.6 is 0 Å². The van der Waals surface area contributed by atoms with Crippen molar-refractivity contribution < 1.29 is 13.2 Å². The van der Waals surface area contributed by atoms with E-state index < -0.39 is 10.0 Å². The molecule has 0 aliphatic rings. The molecule has 7 heteroatoms. The van der Waals surface area contributed by atoms with Crippen molar-refractivity contribution in [2.24, 2.45) is 0 Å². The number of anilines is 2. The van der Waals surface area contributed by atoms with Crippen LogP contribution in [-0.4, -0.2) is 38.2 Å². The molecule has 0 atom stereocenters. The lowest BCUT2D eigenvalue weighted by Gasteiger charge is -2.19. The number of rotatable bonds is 7. The first-order valence-electron chi connectivity index (χ1n) is 7.08. The predicted molar refractivity (Wildman–Crippen MR) is 86.1 cm³/mol. The van der Waals surface area contributed by atoms with E-state index in [0.29, 0.717) is 30.9 Å². The largest absolute Gasteiger partial charge is 0.325 e. The van der Waals surface area contributed by atoms with Gasteiger partial charge in [0.05, 0.1) is 5.75 Å². The van der Waals surface area contributed by atoms with Gasteiger partial charge in [0.15, 0.2) is 0 Å². The summed E-state index contributed by atoms with van der Waals surface area (Å²) in [5.74, 6) is 0.0907. The first-order valence-corrected chi connectivity index (χ1v) is 8.73. The van der Waals surface area contributed by atoms with Crippen molar-refractivity contribution in [3.05, 3.63) is 24.3 Å². The van der Waals surface area contributed by atoms with Gasteiger partial charge in [-0.15, -0.1) is 0 Å². The Kier molecular flexibility index (Phi) is 6.48. The van der Waals surface area contributed by atoms with Gasteiger partial charge in [0.25, 0.3) is 0 Å². The van der Waals surface area contributed by atoms with Crippen LogP contribution in [0.3, 0.4) is 0 Å². The number of nitrogens with zero attached hydrogens (tertiary/aromatic N) is 1. The molecule has 0 aliphatic heterocycles. The molecular weight excluding hydrogens is 290 g/mol. The molecule has 0 aliphatic carbocycles. The molecule has 1 aromatic carbocycles. The molecule has 2 N–H and O–H groups in total. The zero-order chi connectivity index (χ0) is 15.9. The lowest BCUT2D eigenvalue weighted by Crippen LogP contribution is -2.34. The zero-order valence-electron chi connectivity index (χ0n) is 12.7. The topological polar surface area (TPSA) is 78.5 Å². The van der Waals surface area contributed by atoms with Gasteiger partial charge in [0, 0.05) is 24.5 Å². The summed E-state index contributed by atoms with van der Waals surface area (Å²) < 4.78 is 25.8. The zero-order valence-corrected chi connectivity index (χ0v) is 13.5. The van der Waals surface area contributed by atoms with Crippen molar-refractivity contribution in [1.82, 2.24) is 4.90 Å². The number of carbonyl (C=O) groups excluding carboxylic acids is 1. The fraction of sp³-hybridized carbons (Fsp3) is 0.500.